The van der Waals surface area contributed by atoms with Gasteiger partial charge >= 0.3 is 0 Å². The molecule has 26 heavy (non-hydrogen) atoms. The quantitative estimate of drug-likeness (QED) is 0.841. The van der Waals surface area contributed by atoms with Crippen molar-refractivity contribution in [2.75, 3.05) is 5.32 Å². The summed E-state index contributed by atoms with van der Waals surface area (Å²) in [5.41, 5.74) is 4.56. The Morgan fingerprint density at radius 1 is 1.19 bits per heavy atom. The summed E-state index contributed by atoms with van der Waals surface area (Å²) in [6, 6.07) is 11.3. The van der Waals surface area contributed by atoms with Crippen LogP contribution < -0.4 is 5.32 Å². The van der Waals surface area contributed by atoms with Gasteiger partial charge in [-0.25, -0.2) is 0 Å². The lowest BCUT2D eigenvalue weighted by atomic mass is 9.93. The van der Waals surface area contributed by atoms with Gasteiger partial charge in [0.1, 0.15) is 0 Å². The van der Waals surface area contributed by atoms with Crippen LogP contribution in [0.15, 0.2) is 42.6 Å². The molecule has 2 aromatic carbocycles. The number of nitrogens with one attached hydrogen (secondary N) is 1. The molecule has 0 saturated carbocycles. The standard InChI is InChI=1S/C21H21ClN2O2/c1-13-10-14(2)21(18(22)11-13)23-20(26)12-19-17-7-5-4-6-16(17)8-9-24(19)15(3)25/h4-11,19H,12H2,1-3H3,(H,23,26)/t19-/m1/s1. The largest absolute Gasteiger partial charge is 0.324 e. The predicted octanol–water partition coefficient (Wildman–Crippen LogP) is 4.86. The van der Waals surface area contributed by atoms with Crippen molar-refractivity contribution in [2.24, 2.45) is 0 Å². The molecule has 5 heteroatoms. The van der Waals surface area contributed by atoms with Crippen molar-refractivity contribution in [3.8, 4) is 0 Å². The van der Waals surface area contributed by atoms with Gasteiger partial charge < -0.3 is 10.2 Å². The van der Waals surface area contributed by atoms with Crippen molar-refractivity contribution in [1.29, 1.82) is 0 Å². The summed E-state index contributed by atoms with van der Waals surface area (Å²) >= 11 is 6.29. The van der Waals surface area contributed by atoms with Crippen molar-refractivity contribution in [3.63, 3.8) is 0 Å². The summed E-state index contributed by atoms with van der Waals surface area (Å²) in [7, 11) is 0. The van der Waals surface area contributed by atoms with Crippen LogP contribution in [0, 0.1) is 13.8 Å². The average molecular weight is 369 g/mol. The topological polar surface area (TPSA) is 49.4 Å². The number of anilines is 1. The van der Waals surface area contributed by atoms with E-state index in [-0.39, 0.29) is 24.3 Å². The van der Waals surface area contributed by atoms with Gasteiger partial charge in [-0.2, -0.15) is 0 Å². The molecule has 0 aromatic heterocycles. The molecular weight excluding hydrogens is 348 g/mol. The first-order valence-corrected chi connectivity index (χ1v) is 8.87. The normalized spacial score (nSPS) is 15.5. The van der Waals surface area contributed by atoms with Gasteiger partial charge in [0.25, 0.3) is 0 Å². The zero-order valence-electron chi connectivity index (χ0n) is 15.0. The van der Waals surface area contributed by atoms with E-state index in [4.69, 9.17) is 11.6 Å². The van der Waals surface area contributed by atoms with E-state index in [1.807, 2.05) is 56.3 Å². The van der Waals surface area contributed by atoms with Crippen molar-refractivity contribution >= 4 is 35.2 Å². The minimum Gasteiger partial charge on any atom is -0.324 e. The maximum atomic E-state index is 12.7. The van der Waals surface area contributed by atoms with Crippen LogP contribution in [0.25, 0.3) is 6.08 Å². The number of hydrogen-bond acceptors (Lipinski definition) is 2. The highest BCUT2D eigenvalue weighted by molar-refractivity contribution is 6.34. The highest BCUT2D eigenvalue weighted by atomic mass is 35.5. The maximum absolute atomic E-state index is 12.7. The zero-order valence-corrected chi connectivity index (χ0v) is 15.8. The number of amides is 2. The van der Waals surface area contributed by atoms with E-state index in [9.17, 15) is 9.59 Å². The van der Waals surface area contributed by atoms with E-state index in [1.54, 1.807) is 11.1 Å². The third-order valence-electron chi connectivity index (χ3n) is 4.54. The molecule has 0 unspecified atom stereocenters. The van der Waals surface area contributed by atoms with Crippen LogP contribution in [-0.4, -0.2) is 16.7 Å². The van der Waals surface area contributed by atoms with Gasteiger partial charge in [-0.1, -0.05) is 41.9 Å². The van der Waals surface area contributed by atoms with E-state index < -0.39 is 0 Å². The first-order chi connectivity index (χ1) is 12.4. The number of benzene rings is 2. The van der Waals surface area contributed by atoms with E-state index in [0.717, 1.165) is 22.3 Å². The summed E-state index contributed by atoms with van der Waals surface area (Å²) in [4.78, 5) is 26.3. The van der Waals surface area contributed by atoms with Crippen LogP contribution in [0.2, 0.25) is 5.02 Å². The number of nitrogens with zero attached hydrogens (tertiary/aromatic N) is 1. The molecule has 0 spiro atoms. The van der Waals surface area contributed by atoms with E-state index in [2.05, 4.69) is 5.32 Å². The van der Waals surface area contributed by atoms with Gasteiger partial charge in [-0.3, -0.25) is 9.59 Å². The fraction of sp³-hybridized carbons (Fsp3) is 0.238. The second-order valence-corrected chi connectivity index (χ2v) is 6.98. The SMILES string of the molecule is CC(=O)N1C=Cc2ccccc2[C@H]1CC(=O)Nc1c(C)cc(C)cc1Cl. The Morgan fingerprint density at radius 3 is 2.62 bits per heavy atom. The second kappa shape index (κ2) is 7.34. The lowest BCUT2D eigenvalue weighted by molar-refractivity contribution is -0.129. The van der Waals surface area contributed by atoms with E-state index in [1.165, 1.54) is 6.92 Å². The molecule has 1 heterocycles. The first-order valence-electron chi connectivity index (χ1n) is 8.49. The van der Waals surface area contributed by atoms with Crippen LogP contribution in [0.1, 0.15) is 41.6 Å². The Balaban J connectivity index is 1.85. The molecular formula is C21H21ClN2O2. The predicted molar refractivity (Wildman–Crippen MR) is 105 cm³/mol. The van der Waals surface area contributed by atoms with Crippen molar-refractivity contribution in [2.45, 2.75) is 33.2 Å². The first kappa shape index (κ1) is 18.2. The third kappa shape index (κ3) is 3.65. The molecule has 1 aliphatic rings. The number of hydrogen-bond donors (Lipinski definition) is 1. The van der Waals surface area contributed by atoms with Gasteiger partial charge in [0.05, 0.1) is 23.2 Å². The van der Waals surface area contributed by atoms with Crippen molar-refractivity contribution < 1.29 is 9.59 Å². The Kier molecular flexibility index (Phi) is 5.14. The van der Waals surface area contributed by atoms with Gasteiger partial charge in [-0.05, 0) is 48.2 Å². The minimum absolute atomic E-state index is 0.0990. The second-order valence-electron chi connectivity index (χ2n) is 6.58. The number of carbonyl (C=O) groups excluding carboxylic acids is 2. The molecule has 1 N–H and O–H groups in total. The molecule has 2 aromatic rings. The van der Waals surface area contributed by atoms with Crippen LogP contribution in [0.4, 0.5) is 5.69 Å². The number of carbonyl (C=O) groups is 2. The summed E-state index contributed by atoms with van der Waals surface area (Å²) < 4.78 is 0. The maximum Gasteiger partial charge on any atom is 0.226 e. The lowest BCUT2D eigenvalue weighted by Crippen LogP contribution is -2.33. The third-order valence-corrected chi connectivity index (χ3v) is 4.84. The molecule has 0 radical (unpaired) electrons. The molecule has 1 atom stereocenters. The molecule has 0 aliphatic carbocycles. The molecule has 4 nitrogen and oxygen atoms in total. The van der Waals surface area contributed by atoms with Crippen molar-refractivity contribution in [3.05, 3.63) is 69.9 Å². The van der Waals surface area contributed by atoms with E-state index in [0.29, 0.717) is 10.7 Å². The Bertz CT molecular complexity index is 882. The fourth-order valence-corrected chi connectivity index (χ4v) is 3.72. The molecule has 0 saturated heterocycles. The number of halogens is 1. The molecule has 134 valence electrons. The van der Waals surface area contributed by atoms with Crippen LogP contribution in [0.5, 0.6) is 0 Å². The number of aryl methyl sites for hydroxylation is 2. The lowest BCUT2D eigenvalue weighted by Gasteiger charge is -2.32. The molecule has 1 aliphatic heterocycles. The van der Waals surface area contributed by atoms with Crippen LogP contribution in [-0.2, 0) is 9.59 Å². The zero-order chi connectivity index (χ0) is 18.8. The summed E-state index contributed by atoms with van der Waals surface area (Å²) in [6.07, 6.45) is 3.80. The monoisotopic (exact) mass is 368 g/mol. The smallest absolute Gasteiger partial charge is 0.226 e. The van der Waals surface area contributed by atoms with Gasteiger partial charge in [-0.15, -0.1) is 0 Å². The molecule has 2 amide bonds. The minimum atomic E-state index is -0.335. The van der Waals surface area contributed by atoms with E-state index >= 15 is 0 Å². The Hall–Kier alpha value is -2.59. The number of rotatable bonds is 3. The van der Waals surface area contributed by atoms with Crippen molar-refractivity contribution in [1.82, 2.24) is 4.90 Å². The summed E-state index contributed by atoms with van der Waals surface area (Å²) in [5.74, 6) is -0.279. The van der Waals surface area contributed by atoms with Gasteiger partial charge in [0.2, 0.25) is 11.8 Å². The highest BCUT2D eigenvalue weighted by Crippen LogP contribution is 2.34. The number of fused-ring (bicyclic) bond motifs is 1. The summed E-state index contributed by atoms with van der Waals surface area (Å²) in [5, 5.41) is 3.43. The van der Waals surface area contributed by atoms with Gasteiger partial charge in [0, 0.05) is 13.1 Å². The fourth-order valence-electron chi connectivity index (χ4n) is 3.35. The summed E-state index contributed by atoms with van der Waals surface area (Å²) in [6.45, 7) is 5.37. The van der Waals surface area contributed by atoms with Crippen LogP contribution in [0.3, 0.4) is 0 Å². The molecule has 0 bridgehead atoms. The highest BCUT2D eigenvalue weighted by Gasteiger charge is 2.28. The Morgan fingerprint density at radius 2 is 1.92 bits per heavy atom. The van der Waals surface area contributed by atoms with Gasteiger partial charge in [0.15, 0.2) is 0 Å². The molecule has 0 fully saturated rings. The average Bonchev–Trinajstić information content (AvgIpc) is 2.58. The Labute approximate surface area is 158 Å². The van der Waals surface area contributed by atoms with Crippen LogP contribution >= 0.6 is 11.6 Å². The molecule has 3 rings (SSSR count).